The molecule has 28 heavy (non-hydrogen) atoms. The molecule has 2 saturated heterocycles. The molecular weight excluding hydrogens is 354 g/mol. The number of rotatable bonds is 10. The van der Waals surface area contributed by atoms with Gasteiger partial charge in [-0.25, -0.2) is 0 Å². The molecule has 0 spiro atoms. The number of carbonyl (C=O) groups excluding carboxylic acids is 1. The van der Waals surface area contributed by atoms with Crippen molar-refractivity contribution in [3.63, 3.8) is 0 Å². The van der Waals surface area contributed by atoms with E-state index in [1.54, 1.807) is 0 Å². The summed E-state index contributed by atoms with van der Waals surface area (Å²) in [6, 6.07) is 0.770. The second-order valence-corrected chi connectivity index (χ2v) is 8.15. The zero-order valence-corrected chi connectivity index (χ0v) is 18.4. The van der Waals surface area contributed by atoms with E-state index in [9.17, 15) is 4.79 Å². The molecular formula is C21H41N5O2. The van der Waals surface area contributed by atoms with Gasteiger partial charge >= 0.3 is 0 Å². The van der Waals surface area contributed by atoms with Gasteiger partial charge in [-0.15, -0.1) is 0 Å². The molecule has 0 aromatic heterocycles. The molecule has 0 radical (unpaired) electrons. The summed E-state index contributed by atoms with van der Waals surface area (Å²) in [6.07, 6.45) is 3.69. The van der Waals surface area contributed by atoms with Crippen LogP contribution in [0, 0.1) is 5.92 Å². The average Bonchev–Trinajstić information content (AvgIpc) is 3.11. The largest absolute Gasteiger partial charge is 0.379 e. The minimum Gasteiger partial charge on any atom is -0.379 e. The molecule has 2 heterocycles. The fourth-order valence-corrected chi connectivity index (χ4v) is 4.18. The summed E-state index contributed by atoms with van der Waals surface area (Å²) in [5, 5.41) is 6.84. The number of ether oxygens (including phenoxy) is 1. The molecule has 2 atom stereocenters. The Bertz CT molecular complexity index is 491. The Labute approximate surface area is 171 Å². The number of nitrogens with zero attached hydrogens (tertiary/aromatic N) is 3. The quantitative estimate of drug-likeness (QED) is 0.435. The Hall–Kier alpha value is -1.34. The summed E-state index contributed by atoms with van der Waals surface area (Å²) in [4.78, 5) is 21.5. The molecule has 7 nitrogen and oxygen atoms in total. The first kappa shape index (κ1) is 22.9. The molecule has 0 saturated carbocycles. The highest BCUT2D eigenvalue weighted by atomic mass is 16.5. The predicted molar refractivity (Wildman–Crippen MR) is 115 cm³/mol. The summed E-state index contributed by atoms with van der Waals surface area (Å²) >= 11 is 0. The minimum absolute atomic E-state index is 0.317. The van der Waals surface area contributed by atoms with Gasteiger partial charge in [0.1, 0.15) is 0 Å². The van der Waals surface area contributed by atoms with Crippen molar-refractivity contribution < 1.29 is 9.53 Å². The summed E-state index contributed by atoms with van der Waals surface area (Å²) in [6.45, 7) is 15.8. The normalized spacial score (nSPS) is 21.2. The van der Waals surface area contributed by atoms with Crippen LogP contribution in [-0.4, -0.2) is 86.2 Å². The fourth-order valence-electron chi connectivity index (χ4n) is 4.18. The summed E-state index contributed by atoms with van der Waals surface area (Å²) in [5.74, 6) is 1.75. The van der Waals surface area contributed by atoms with Gasteiger partial charge in [-0.2, -0.15) is 0 Å². The maximum atomic E-state index is 12.0. The number of guanidine groups is 1. The number of carbonyl (C=O) groups is 1. The molecule has 0 aromatic rings. The smallest absolute Gasteiger partial charge is 0.222 e. The van der Waals surface area contributed by atoms with Crippen LogP contribution in [0.15, 0.2) is 4.99 Å². The van der Waals surface area contributed by atoms with E-state index in [1.165, 1.54) is 0 Å². The molecule has 1 amide bonds. The van der Waals surface area contributed by atoms with Crippen LogP contribution in [0.3, 0.4) is 0 Å². The van der Waals surface area contributed by atoms with Gasteiger partial charge in [-0.05, 0) is 32.1 Å². The van der Waals surface area contributed by atoms with Crippen LogP contribution in [0.5, 0.6) is 0 Å². The van der Waals surface area contributed by atoms with Gasteiger partial charge in [0.15, 0.2) is 5.96 Å². The minimum atomic E-state index is 0.317. The molecule has 2 fully saturated rings. The van der Waals surface area contributed by atoms with Crippen LogP contribution in [-0.2, 0) is 9.53 Å². The van der Waals surface area contributed by atoms with Gasteiger partial charge in [-0.3, -0.25) is 14.7 Å². The number of morpholine rings is 1. The van der Waals surface area contributed by atoms with Crippen molar-refractivity contribution in [2.24, 2.45) is 10.9 Å². The molecule has 2 aliphatic heterocycles. The lowest BCUT2D eigenvalue weighted by Crippen LogP contribution is -2.48. The van der Waals surface area contributed by atoms with Crippen LogP contribution in [0.1, 0.15) is 53.4 Å². The lowest BCUT2D eigenvalue weighted by atomic mass is 10.0. The zero-order valence-electron chi connectivity index (χ0n) is 18.4. The van der Waals surface area contributed by atoms with Crippen molar-refractivity contribution in [3.8, 4) is 0 Å². The van der Waals surface area contributed by atoms with Gasteiger partial charge < -0.3 is 20.3 Å². The summed E-state index contributed by atoms with van der Waals surface area (Å²) in [5.41, 5.74) is 0. The number of amides is 1. The molecule has 2 rings (SSSR count). The van der Waals surface area contributed by atoms with Crippen LogP contribution in [0.25, 0.3) is 0 Å². The standard InChI is InChI=1S/C21H41N5O2/c1-5-18(26-11-7-8-20(26)27)9-10-23-21(22-6-2)24-16-19(17(3)4)25-12-14-28-15-13-25/h17-19H,5-16H2,1-4H3,(H2,22,23,24). The zero-order chi connectivity index (χ0) is 20.4. The number of hydrogen-bond acceptors (Lipinski definition) is 4. The summed E-state index contributed by atoms with van der Waals surface area (Å²) in [7, 11) is 0. The van der Waals surface area contributed by atoms with Crippen LogP contribution in [0.4, 0.5) is 0 Å². The van der Waals surface area contributed by atoms with Crippen molar-refractivity contribution in [1.29, 1.82) is 0 Å². The van der Waals surface area contributed by atoms with Crippen LogP contribution >= 0.6 is 0 Å². The molecule has 0 bridgehead atoms. The Morgan fingerprint density at radius 2 is 1.93 bits per heavy atom. The van der Waals surface area contributed by atoms with Crippen molar-refractivity contribution in [3.05, 3.63) is 0 Å². The van der Waals surface area contributed by atoms with Crippen LogP contribution < -0.4 is 10.6 Å². The first-order valence-electron chi connectivity index (χ1n) is 11.2. The Morgan fingerprint density at radius 1 is 1.18 bits per heavy atom. The van der Waals surface area contributed by atoms with E-state index in [1.807, 2.05) is 0 Å². The van der Waals surface area contributed by atoms with E-state index in [0.29, 0.717) is 30.3 Å². The van der Waals surface area contributed by atoms with Crippen molar-refractivity contribution >= 4 is 11.9 Å². The van der Waals surface area contributed by atoms with Gasteiger partial charge in [0.05, 0.1) is 19.8 Å². The molecule has 2 aliphatic rings. The monoisotopic (exact) mass is 395 g/mol. The van der Waals surface area contributed by atoms with Crippen molar-refractivity contribution in [1.82, 2.24) is 20.4 Å². The lowest BCUT2D eigenvalue weighted by molar-refractivity contribution is -0.129. The van der Waals surface area contributed by atoms with Crippen molar-refractivity contribution in [2.75, 3.05) is 52.5 Å². The van der Waals surface area contributed by atoms with E-state index in [0.717, 1.165) is 77.7 Å². The third-order valence-corrected chi connectivity index (χ3v) is 5.86. The highest BCUT2D eigenvalue weighted by molar-refractivity contribution is 5.80. The van der Waals surface area contributed by atoms with E-state index in [4.69, 9.17) is 9.73 Å². The van der Waals surface area contributed by atoms with E-state index < -0.39 is 0 Å². The van der Waals surface area contributed by atoms with Gasteiger partial charge in [-0.1, -0.05) is 20.8 Å². The van der Waals surface area contributed by atoms with E-state index in [2.05, 4.69) is 48.1 Å². The maximum absolute atomic E-state index is 12.0. The average molecular weight is 396 g/mol. The molecule has 2 N–H and O–H groups in total. The number of hydrogen-bond donors (Lipinski definition) is 2. The lowest BCUT2D eigenvalue weighted by Gasteiger charge is -2.36. The van der Waals surface area contributed by atoms with E-state index >= 15 is 0 Å². The van der Waals surface area contributed by atoms with Crippen molar-refractivity contribution in [2.45, 2.75) is 65.5 Å². The predicted octanol–water partition coefficient (Wildman–Crippen LogP) is 1.69. The Kier molecular flexibility index (Phi) is 10.1. The molecule has 0 aromatic carbocycles. The third kappa shape index (κ3) is 6.92. The highest BCUT2D eigenvalue weighted by Gasteiger charge is 2.26. The summed E-state index contributed by atoms with van der Waals surface area (Å²) < 4.78 is 5.50. The molecule has 2 unspecified atom stereocenters. The second-order valence-electron chi connectivity index (χ2n) is 8.15. The van der Waals surface area contributed by atoms with Gasteiger partial charge in [0.25, 0.3) is 0 Å². The Balaban J connectivity index is 1.86. The number of nitrogens with one attached hydrogen (secondary N) is 2. The van der Waals surface area contributed by atoms with Gasteiger partial charge in [0, 0.05) is 51.2 Å². The second kappa shape index (κ2) is 12.3. The molecule has 162 valence electrons. The molecule has 0 aliphatic carbocycles. The molecule has 7 heteroatoms. The number of likely N-dealkylation sites (tertiary alicyclic amines) is 1. The Morgan fingerprint density at radius 3 is 2.50 bits per heavy atom. The SMILES string of the molecule is CCNC(=NCC(C(C)C)N1CCOCC1)NCCC(CC)N1CCCC1=O. The highest BCUT2D eigenvalue weighted by Crippen LogP contribution is 2.17. The van der Waals surface area contributed by atoms with E-state index in [-0.39, 0.29) is 0 Å². The topological polar surface area (TPSA) is 69.2 Å². The third-order valence-electron chi connectivity index (χ3n) is 5.86. The van der Waals surface area contributed by atoms with Crippen LogP contribution in [0.2, 0.25) is 0 Å². The van der Waals surface area contributed by atoms with Gasteiger partial charge in [0.2, 0.25) is 5.91 Å². The number of aliphatic imine (C=N–C) groups is 1. The maximum Gasteiger partial charge on any atom is 0.222 e. The fraction of sp³-hybridized carbons (Fsp3) is 0.905. The first-order valence-corrected chi connectivity index (χ1v) is 11.2. The first-order chi connectivity index (χ1) is 13.6.